The Morgan fingerprint density at radius 3 is 2.78 bits per heavy atom. The van der Waals surface area contributed by atoms with Crippen LogP contribution in [0.4, 0.5) is 5.82 Å². The molecule has 0 unspecified atom stereocenters. The van der Waals surface area contributed by atoms with Gasteiger partial charge in [-0.15, -0.1) is 11.8 Å². The molecule has 1 aliphatic carbocycles. The van der Waals surface area contributed by atoms with E-state index in [0.717, 1.165) is 23.2 Å². The van der Waals surface area contributed by atoms with E-state index in [0.29, 0.717) is 5.92 Å². The van der Waals surface area contributed by atoms with Crippen LogP contribution in [0.15, 0.2) is 11.1 Å². The Hall–Kier alpha value is -0.770. The third kappa shape index (κ3) is 4.16. The second-order valence-corrected chi connectivity index (χ2v) is 5.92. The van der Waals surface area contributed by atoms with Crippen molar-refractivity contribution in [3.8, 4) is 0 Å². The van der Waals surface area contributed by atoms with Crippen molar-refractivity contribution in [2.75, 3.05) is 17.6 Å². The molecule has 0 aromatic carbocycles. The molecule has 1 aromatic rings. The lowest BCUT2D eigenvalue weighted by molar-refractivity contribution is 0.777. The minimum absolute atomic E-state index is 0.624. The van der Waals surface area contributed by atoms with Crippen molar-refractivity contribution < 1.29 is 0 Å². The van der Waals surface area contributed by atoms with Crippen molar-refractivity contribution in [3.63, 3.8) is 0 Å². The van der Waals surface area contributed by atoms with Gasteiger partial charge < -0.3 is 5.32 Å². The Labute approximate surface area is 114 Å². The fraction of sp³-hybridized carbons (Fsp3) is 0.714. The number of hydrogen-bond acceptors (Lipinski definition) is 4. The van der Waals surface area contributed by atoms with Gasteiger partial charge in [0.25, 0.3) is 0 Å². The molecule has 1 heterocycles. The number of nitrogens with one attached hydrogen (secondary N) is 1. The van der Waals surface area contributed by atoms with Gasteiger partial charge in [-0.3, -0.25) is 0 Å². The molecule has 18 heavy (non-hydrogen) atoms. The Balaban J connectivity index is 1.98. The van der Waals surface area contributed by atoms with E-state index in [4.69, 9.17) is 0 Å². The minimum atomic E-state index is 0.624. The topological polar surface area (TPSA) is 37.8 Å². The molecule has 1 aromatic heterocycles. The summed E-state index contributed by atoms with van der Waals surface area (Å²) < 4.78 is 0. The van der Waals surface area contributed by atoms with Gasteiger partial charge in [-0.1, -0.05) is 19.8 Å². The highest BCUT2D eigenvalue weighted by Crippen LogP contribution is 2.39. The van der Waals surface area contributed by atoms with E-state index in [1.807, 2.05) is 11.8 Å². The smallest absolute Gasteiger partial charge is 0.135 e. The second kappa shape index (κ2) is 6.98. The van der Waals surface area contributed by atoms with Crippen LogP contribution in [0.25, 0.3) is 0 Å². The Kier molecular flexibility index (Phi) is 5.29. The molecule has 0 amide bonds. The highest BCUT2D eigenvalue weighted by Gasteiger charge is 2.27. The van der Waals surface area contributed by atoms with Crippen molar-refractivity contribution in [1.29, 1.82) is 0 Å². The van der Waals surface area contributed by atoms with Gasteiger partial charge in [0, 0.05) is 18.5 Å². The highest BCUT2D eigenvalue weighted by atomic mass is 32.2. The molecule has 1 fully saturated rings. The Morgan fingerprint density at radius 2 is 2.11 bits per heavy atom. The lowest BCUT2D eigenvalue weighted by Crippen LogP contribution is -2.03. The average Bonchev–Trinajstić information content (AvgIpc) is 3.19. The lowest BCUT2D eigenvalue weighted by atomic mass is 10.3. The number of rotatable bonds is 8. The third-order valence-corrected chi connectivity index (χ3v) is 4.02. The van der Waals surface area contributed by atoms with Gasteiger partial charge in [-0.2, -0.15) is 0 Å². The van der Waals surface area contributed by atoms with Crippen LogP contribution in [0.3, 0.4) is 0 Å². The van der Waals surface area contributed by atoms with Crippen LogP contribution >= 0.6 is 11.8 Å². The molecule has 1 saturated carbocycles. The van der Waals surface area contributed by atoms with E-state index < -0.39 is 0 Å². The van der Waals surface area contributed by atoms with Crippen LogP contribution < -0.4 is 5.32 Å². The fourth-order valence-electron chi connectivity index (χ4n) is 1.84. The molecule has 0 saturated heterocycles. The maximum atomic E-state index is 4.69. The summed E-state index contributed by atoms with van der Waals surface area (Å²) in [6.45, 7) is 5.26. The molecule has 0 atom stereocenters. The summed E-state index contributed by atoms with van der Waals surface area (Å²) in [5.74, 6) is 3.83. The second-order valence-electron chi connectivity index (χ2n) is 4.81. The average molecular weight is 265 g/mol. The highest BCUT2D eigenvalue weighted by molar-refractivity contribution is 7.99. The van der Waals surface area contributed by atoms with Gasteiger partial charge in [-0.25, -0.2) is 9.97 Å². The number of anilines is 1. The van der Waals surface area contributed by atoms with E-state index >= 15 is 0 Å². The SMILES string of the molecule is CCCCCSc1cc(NCC)nc(C2CC2)n1. The van der Waals surface area contributed by atoms with Gasteiger partial charge in [-0.05, 0) is 31.9 Å². The zero-order valence-electron chi connectivity index (χ0n) is 11.4. The van der Waals surface area contributed by atoms with Crippen LogP contribution in [-0.2, 0) is 0 Å². The predicted octanol–water partition coefficient (Wildman–Crippen LogP) is 4.07. The largest absolute Gasteiger partial charge is 0.370 e. The van der Waals surface area contributed by atoms with Crippen LogP contribution in [0.1, 0.15) is 57.7 Å². The van der Waals surface area contributed by atoms with Crippen molar-refractivity contribution in [2.45, 2.75) is 56.9 Å². The molecule has 1 aliphatic rings. The molecule has 0 bridgehead atoms. The zero-order valence-corrected chi connectivity index (χ0v) is 12.2. The zero-order chi connectivity index (χ0) is 12.8. The van der Waals surface area contributed by atoms with E-state index in [1.165, 1.54) is 37.9 Å². The first-order chi connectivity index (χ1) is 8.83. The van der Waals surface area contributed by atoms with Crippen LogP contribution in [0, 0.1) is 0 Å². The van der Waals surface area contributed by atoms with E-state index in [2.05, 4.69) is 35.2 Å². The van der Waals surface area contributed by atoms with Crippen molar-refractivity contribution in [2.24, 2.45) is 0 Å². The molecular weight excluding hydrogens is 242 g/mol. The van der Waals surface area contributed by atoms with E-state index in [1.54, 1.807) is 0 Å². The normalized spacial score (nSPS) is 14.8. The third-order valence-electron chi connectivity index (χ3n) is 3.02. The van der Waals surface area contributed by atoms with Gasteiger partial charge in [0.05, 0.1) is 0 Å². The summed E-state index contributed by atoms with van der Waals surface area (Å²) in [4.78, 5) is 9.28. The summed E-state index contributed by atoms with van der Waals surface area (Å²) in [5.41, 5.74) is 0. The molecule has 0 radical (unpaired) electrons. The van der Waals surface area contributed by atoms with Gasteiger partial charge >= 0.3 is 0 Å². The minimum Gasteiger partial charge on any atom is -0.370 e. The first kappa shape index (κ1) is 13.7. The maximum absolute atomic E-state index is 4.69. The number of hydrogen-bond donors (Lipinski definition) is 1. The van der Waals surface area contributed by atoms with Crippen molar-refractivity contribution in [1.82, 2.24) is 9.97 Å². The number of aromatic nitrogens is 2. The van der Waals surface area contributed by atoms with Gasteiger partial charge in [0.1, 0.15) is 16.7 Å². The summed E-state index contributed by atoms with van der Waals surface area (Å²) >= 11 is 1.87. The molecular formula is C14H23N3S. The molecule has 3 nitrogen and oxygen atoms in total. The van der Waals surface area contributed by atoms with E-state index in [9.17, 15) is 0 Å². The standard InChI is InChI=1S/C14H23N3S/c1-3-5-6-9-18-13-10-12(15-4-2)16-14(17-13)11-7-8-11/h10-11H,3-9H2,1-2H3,(H,15,16,17). The summed E-state index contributed by atoms with van der Waals surface area (Å²) in [6, 6.07) is 2.09. The first-order valence-electron chi connectivity index (χ1n) is 7.09. The van der Waals surface area contributed by atoms with Crippen molar-refractivity contribution in [3.05, 3.63) is 11.9 Å². The van der Waals surface area contributed by atoms with Crippen LogP contribution in [-0.4, -0.2) is 22.3 Å². The quantitative estimate of drug-likeness (QED) is 0.437. The number of unbranched alkanes of at least 4 members (excludes halogenated alkanes) is 2. The van der Waals surface area contributed by atoms with Crippen molar-refractivity contribution >= 4 is 17.6 Å². The Morgan fingerprint density at radius 1 is 1.28 bits per heavy atom. The molecule has 4 heteroatoms. The summed E-state index contributed by atoms with van der Waals surface area (Å²) in [7, 11) is 0. The molecule has 2 rings (SSSR count). The maximum Gasteiger partial charge on any atom is 0.135 e. The molecule has 0 spiro atoms. The lowest BCUT2D eigenvalue weighted by Gasteiger charge is -2.08. The summed E-state index contributed by atoms with van der Waals surface area (Å²) in [5, 5.41) is 4.45. The van der Waals surface area contributed by atoms with Gasteiger partial charge in [0.15, 0.2) is 0 Å². The van der Waals surface area contributed by atoms with E-state index in [-0.39, 0.29) is 0 Å². The monoisotopic (exact) mass is 265 g/mol. The predicted molar refractivity (Wildman–Crippen MR) is 78.4 cm³/mol. The van der Waals surface area contributed by atoms with Crippen LogP contribution in [0.2, 0.25) is 0 Å². The number of nitrogens with zero attached hydrogens (tertiary/aromatic N) is 2. The molecule has 0 aliphatic heterocycles. The summed E-state index contributed by atoms with van der Waals surface area (Å²) in [6.07, 6.45) is 6.39. The first-order valence-corrected chi connectivity index (χ1v) is 8.07. The van der Waals surface area contributed by atoms with Crippen LogP contribution in [0.5, 0.6) is 0 Å². The Bertz CT molecular complexity index is 377. The molecule has 100 valence electrons. The fourth-order valence-corrected chi connectivity index (χ4v) is 2.75. The van der Waals surface area contributed by atoms with Gasteiger partial charge in [0.2, 0.25) is 0 Å². The molecule has 1 N–H and O–H groups in total. The number of thioether (sulfide) groups is 1.